The molecule has 0 radical (unpaired) electrons. The fourth-order valence-electron chi connectivity index (χ4n) is 3.99. The second kappa shape index (κ2) is 9.53. The Kier molecular flexibility index (Phi) is 5.97. The standard InChI is InChI=1S/C30H20N2O3/c33-28(22-11-3-1-4-12-22)26(29(34)23-13-5-2-6-14-23)27(32-19-9-18-31-32)30(35)25-17-16-21-10-7-8-15-24(21)20-25/h1-20H. The van der Waals surface area contributed by atoms with Gasteiger partial charge >= 0.3 is 0 Å². The SMILES string of the molecule is O=C(C(C(=O)c1ccccc1)=C(C(=O)c1ccc2ccccc2c1)n1cccn1)c1ccccc1. The quantitative estimate of drug-likeness (QED) is 0.132. The summed E-state index contributed by atoms with van der Waals surface area (Å²) in [6, 6.07) is 31.6. The number of carbonyl (C=O) groups is 3. The van der Waals surface area contributed by atoms with Crippen LogP contribution >= 0.6 is 0 Å². The van der Waals surface area contributed by atoms with Crippen molar-refractivity contribution < 1.29 is 14.4 Å². The molecule has 4 aromatic carbocycles. The zero-order valence-corrected chi connectivity index (χ0v) is 18.7. The molecule has 0 saturated carbocycles. The van der Waals surface area contributed by atoms with Crippen LogP contribution in [0.2, 0.25) is 0 Å². The van der Waals surface area contributed by atoms with Crippen molar-refractivity contribution >= 4 is 33.8 Å². The van der Waals surface area contributed by atoms with Gasteiger partial charge in [-0.25, -0.2) is 4.68 Å². The van der Waals surface area contributed by atoms with Crippen LogP contribution in [0.25, 0.3) is 16.5 Å². The van der Waals surface area contributed by atoms with Gasteiger partial charge in [-0.2, -0.15) is 5.10 Å². The number of fused-ring (bicyclic) bond motifs is 1. The maximum Gasteiger partial charge on any atom is 0.212 e. The van der Waals surface area contributed by atoms with Crippen molar-refractivity contribution in [2.75, 3.05) is 0 Å². The van der Waals surface area contributed by atoms with Gasteiger partial charge in [0, 0.05) is 29.1 Å². The Morgan fingerprint density at radius 3 is 1.69 bits per heavy atom. The second-order valence-corrected chi connectivity index (χ2v) is 7.96. The molecule has 35 heavy (non-hydrogen) atoms. The van der Waals surface area contributed by atoms with Gasteiger partial charge in [0.2, 0.25) is 5.78 Å². The molecule has 5 aromatic rings. The molecule has 0 fully saturated rings. The van der Waals surface area contributed by atoms with Crippen LogP contribution in [0.15, 0.2) is 127 Å². The van der Waals surface area contributed by atoms with Crippen LogP contribution in [0.5, 0.6) is 0 Å². The van der Waals surface area contributed by atoms with Crippen LogP contribution in [0.1, 0.15) is 31.1 Å². The molecule has 5 rings (SSSR count). The summed E-state index contributed by atoms with van der Waals surface area (Å²) in [4.78, 5) is 41.5. The van der Waals surface area contributed by atoms with E-state index >= 15 is 0 Å². The van der Waals surface area contributed by atoms with Crippen molar-refractivity contribution in [1.29, 1.82) is 0 Å². The third-order valence-corrected chi connectivity index (χ3v) is 5.72. The van der Waals surface area contributed by atoms with Gasteiger partial charge in [0.05, 0.1) is 0 Å². The van der Waals surface area contributed by atoms with Crippen LogP contribution in [0.4, 0.5) is 0 Å². The number of ketones is 3. The van der Waals surface area contributed by atoms with Crippen LogP contribution in [-0.4, -0.2) is 27.1 Å². The molecule has 0 unspecified atom stereocenters. The third-order valence-electron chi connectivity index (χ3n) is 5.72. The first-order chi connectivity index (χ1) is 17.1. The summed E-state index contributed by atoms with van der Waals surface area (Å²) in [5, 5.41) is 6.09. The molecule has 0 saturated heterocycles. The monoisotopic (exact) mass is 456 g/mol. The Morgan fingerprint density at radius 1 is 0.543 bits per heavy atom. The summed E-state index contributed by atoms with van der Waals surface area (Å²) in [5.41, 5.74) is 0.649. The minimum absolute atomic E-state index is 0.0898. The summed E-state index contributed by atoms with van der Waals surface area (Å²) >= 11 is 0. The number of hydrogen-bond acceptors (Lipinski definition) is 4. The largest absolute Gasteiger partial charge is 0.288 e. The average molecular weight is 457 g/mol. The van der Waals surface area contributed by atoms with Gasteiger partial charge < -0.3 is 0 Å². The average Bonchev–Trinajstić information content (AvgIpc) is 3.46. The topological polar surface area (TPSA) is 69.0 Å². The highest BCUT2D eigenvalue weighted by atomic mass is 16.2. The van der Waals surface area contributed by atoms with E-state index in [-0.39, 0.29) is 11.3 Å². The smallest absolute Gasteiger partial charge is 0.212 e. The molecule has 1 aromatic heterocycles. The van der Waals surface area contributed by atoms with Crippen molar-refractivity contribution in [3.05, 3.63) is 144 Å². The number of allylic oxidation sites excluding steroid dienone is 2. The van der Waals surface area contributed by atoms with Crippen LogP contribution < -0.4 is 0 Å². The predicted octanol–water partition coefficient (Wildman–Crippen LogP) is 5.90. The lowest BCUT2D eigenvalue weighted by atomic mass is 9.91. The van der Waals surface area contributed by atoms with E-state index in [1.54, 1.807) is 85.1 Å². The first-order valence-electron chi connectivity index (χ1n) is 11.1. The molecular weight excluding hydrogens is 436 g/mol. The van der Waals surface area contributed by atoms with Gasteiger partial charge in [0.15, 0.2) is 11.6 Å². The van der Waals surface area contributed by atoms with Crippen LogP contribution in [0, 0.1) is 0 Å². The van der Waals surface area contributed by atoms with E-state index in [1.165, 1.54) is 10.9 Å². The Labute approximate surface area is 202 Å². The van der Waals surface area contributed by atoms with E-state index in [0.717, 1.165) is 10.8 Å². The van der Waals surface area contributed by atoms with Crippen molar-refractivity contribution in [2.45, 2.75) is 0 Å². The Hall–Kier alpha value is -4.90. The molecule has 0 amide bonds. The predicted molar refractivity (Wildman–Crippen MR) is 135 cm³/mol. The number of hydrogen-bond donors (Lipinski definition) is 0. The Morgan fingerprint density at radius 2 is 1.11 bits per heavy atom. The summed E-state index contributed by atoms with van der Waals surface area (Å²) < 4.78 is 1.30. The number of carbonyl (C=O) groups excluding carboxylic acids is 3. The molecule has 1 heterocycles. The van der Waals surface area contributed by atoms with E-state index in [0.29, 0.717) is 16.7 Å². The second-order valence-electron chi connectivity index (χ2n) is 7.96. The maximum atomic E-state index is 14.0. The van der Waals surface area contributed by atoms with Gasteiger partial charge in [0.1, 0.15) is 11.3 Å². The molecule has 0 aliphatic heterocycles. The van der Waals surface area contributed by atoms with Crippen molar-refractivity contribution in [3.63, 3.8) is 0 Å². The molecule has 0 aliphatic carbocycles. The molecule has 0 atom stereocenters. The zero-order valence-electron chi connectivity index (χ0n) is 18.7. The first-order valence-corrected chi connectivity index (χ1v) is 11.1. The van der Waals surface area contributed by atoms with Gasteiger partial charge in [-0.3, -0.25) is 14.4 Å². The third kappa shape index (κ3) is 4.35. The minimum atomic E-state index is -0.543. The summed E-state index contributed by atoms with van der Waals surface area (Å²) in [6.07, 6.45) is 3.07. The maximum absolute atomic E-state index is 14.0. The normalized spacial score (nSPS) is 10.6. The van der Waals surface area contributed by atoms with Crippen LogP contribution in [-0.2, 0) is 0 Å². The Bertz CT molecular complexity index is 1510. The lowest BCUT2D eigenvalue weighted by molar-refractivity contribution is 0.0950. The lowest BCUT2D eigenvalue weighted by Gasteiger charge is -2.14. The highest BCUT2D eigenvalue weighted by Gasteiger charge is 2.31. The molecule has 0 spiro atoms. The summed E-state index contributed by atoms with van der Waals surface area (Å²) in [6.45, 7) is 0. The molecule has 5 nitrogen and oxygen atoms in total. The first kappa shape index (κ1) is 21.9. The van der Waals surface area contributed by atoms with Crippen molar-refractivity contribution in [3.8, 4) is 0 Å². The lowest BCUT2D eigenvalue weighted by Crippen LogP contribution is -2.23. The highest BCUT2D eigenvalue weighted by molar-refractivity contribution is 6.42. The van der Waals surface area contributed by atoms with Crippen molar-refractivity contribution in [1.82, 2.24) is 9.78 Å². The summed E-state index contributed by atoms with van der Waals surface area (Å²) in [7, 11) is 0. The number of aromatic nitrogens is 2. The van der Waals surface area contributed by atoms with Gasteiger partial charge in [-0.05, 0) is 22.9 Å². The number of benzene rings is 4. The fourth-order valence-corrected chi connectivity index (χ4v) is 3.99. The number of Topliss-reactive ketones (excluding diaryl/α,β-unsaturated/α-hetero) is 3. The van der Waals surface area contributed by atoms with Gasteiger partial charge in [-0.1, -0.05) is 97.1 Å². The molecule has 0 bridgehead atoms. The molecule has 168 valence electrons. The fraction of sp³-hybridized carbons (Fsp3) is 0. The van der Waals surface area contributed by atoms with E-state index in [1.807, 2.05) is 30.3 Å². The van der Waals surface area contributed by atoms with Gasteiger partial charge in [-0.15, -0.1) is 0 Å². The van der Waals surface area contributed by atoms with E-state index < -0.39 is 17.3 Å². The highest BCUT2D eigenvalue weighted by Crippen LogP contribution is 2.26. The Balaban J connectivity index is 1.76. The molecule has 0 N–H and O–H groups in total. The van der Waals surface area contributed by atoms with Crippen LogP contribution in [0.3, 0.4) is 0 Å². The summed E-state index contributed by atoms with van der Waals surface area (Å²) in [5.74, 6) is -1.55. The number of nitrogens with zero attached hydrogens (tertiary/aromatic N) is 2. The van der Waals surface area contributed by atoms with Gasteiger partial charge in [0.25, 0.3) is 0 Å². The van der Waals surface area contributed by atoms with E-state index in [9.17, 15) is 14.4 Å². The minimum Gasteiger partial charge on any atom is -0.288 e. The van der Waals surface area contributed by atoms with E-state index in [4.69, 9.17) is 0 Å². The number of rotatable bonds is 7. The molecule has 0 aliphatic rings. The molecular formula is C30H20N2O3. The van der Waals surface area contributed by atoms with Crippen molar-refractivity contribution in [2.24, 2.45) is 0 Å². The van der Waals surface area contributed by atoms with E-state index in [2.05, 4.69) is 5.10 Å². The molecule has 5 heteroatoms. The zero-order chi connectivity index (χ0) is 24.2.